The molecule has 0 spiro atoms. The third kappa shape index (κ3) is 3.09. The van der Waals surface area contributed by atoms with Gasteiger partial charge in [-0.2, -0.15) is 5.10 Å². The summed E-state index contributed by atoms with van der Waals surface area (Å²) < 4.78 is 14.7. The number of halogens is 1. The van der Waals surface area contributed by atoms with Gasteiger partial charge in [0.15, 0.2) is 11.6 Å². The smallest absolute Gasteiger partial charge is 0.323 e. The number of nitrogen functional groups attached to an aromatic ring is 1. The van der Waals surface area contributed by atoms with Crippen molar-refractivity contribution in [3.63, 3.8) is 0 Å². The fourth-order valence-electron chi connectivity index (χ4n) is 4.76. The van der Waals surface area contributed by atoms with Crippen molar-refractivity contribution < 1.29 is 9.18 Å². The number of carbonyl (C=O) groups excluding carboxylic acids is 1. The zero-order valence-corrected chi connectivity index (χ0v) is 15.5. The Morgan fingerprint density at radius 1 is 1.18 bits per heavy atom. The van der Waals surface area contributed by atoms with E-state index in [1.54, 1.807) is 35.3 Å². The van der Waals surface area contributed by atoms with Crippen molar-refractivity contribution in [3.8, 4) is 5.82 Å². The Morgan fingerprint density at radius 3 is 2.57 bits per heavy atom. The van der Waals surface area contributed by atoms with Crippen molar-refractivity contribution in [1.82, 2.24) is 24.6 Å². The number of pyridine rings is 1. The normalized spacial score (nSPS) is 27.6. The van der Waals surface area contributed by atoms with Crippen LogP contribution in [0.15, 0.2) is 30.6 Å². The molecule has 3 fully saturated rings. The van der Waals surface area contributed by atoms with Crippen molar-refractivity contribution >= 4 is 17.5 Å². The van der Waals surface area contributed by atoms with Gasteiger partial charge in [0.1, 0.15) is 6.17 Å². The number of nitrogens with two attached hydrogens (primary N) is 1. The van der Waals surface area contributed by atoms with Gasteiger partial charge in [-0.25, -0.2) is 18.9 Å². The van der Waals surface area contributed by atoms with Crippen LogP contribution in [-0.2, 0) is 0 Å². The van der Waals surface area contributed by atoms with Crippen molar-refractivity contribution in [1.29, 1.82) is 0 Å². The Bertz CT molecular complexity index is 853. The van der Waals surface area contributed by atoms with E-state index in [2.05, 4.69) is 20.3 Å². The summed E-state index contributed by atoms with van der Waals surface area (Å²) in [6.45, 7) is 2.62. The van der Waals surface area contributed by atoms with Crippen molar-refractivity contribution in [3.05, 3.63) is 30.6 Å². The van der Waals surface area contributed by atoms with E-state index < -0.39 is 6.17 Å². The molecular weight excluding hydrogens is 361 g/mol. The van der Waals surface area contributed by atoms with Crippen LogP contribution < -0.4 is 11.1 Å². The molecule has 8 nitrogen and oxygen atoms in total. The highest BCUT2D eigenvalue weighted by Gasteiger charge is 2.46. The largest absolute Gasteiger partial charge is 0.396 e. The molecule has 2 unspecified atom stereocenters. The summed E-state index contributed by atoms with van der Waals surface area (Å²) in [5, 5.41) is 7.01. The number of amides is 2. The molecule has 2 aromatic heterocycles. The predicted molar refractivity (Wildman–Crippen MR) is 103 cm³/mol. The number of fused-ring (bicyclic) bond motifs is 1. The summed E-state index contributed by atoms with van der Waals surface area (Å²) in [4.78, 5) is 21.3. The summed E-state index contributed by atoms with van der Waals surface area (Å²) in [5.41, 5.74) is 6.42. The van der Waals surface area contributed by atoms with Gasteiger partial charge < -0.3 is 10.6 Å². The summed E-state index contributed by atoms with van der Waals surface area (Å²) in [7, 11) is 0. The van der Waals surface area contributed by atoms with Crippen LogP contribution in [0.1, 0.15) is 12.8 Å². The van der Waals surface area contributed by atoms with Crippen LogP contribution in [0.25, 0.3) is 5.82 Å². The SMILES string of the molecule is Nc1ccc(-n2cccn2)nc1NC(=O)N1CC2CC(N3CC(F)C3)CC2C1. The van der Waals surface area contributed by atoms with Gasteiger partial charge in [0.2, 0.25) is 0 Å². The van der Waals surface area contributed by atoms with Gasteiger partial charge in [0.25, 0.3) is 0 Å². The first-order valence-corrected chi connectivity index (χ1v) is 9.77. The van der Waals surface area contributed by atoms with Crippen LogP contribution in [0.2, 0.25) is 0 Å². The lowest BCUT2D eigenvalue weighted by molar-refractivity contribution is 0.0261. The van der Waals surface area contributed by atoms with Crippen LogP contribution in [0.3, 0.4) is 0 Å². The fraction of sp³-hybridized carbons (Fsp3) is 0.526. The maximum Gasteiger partial charge on any atom is 0.323 e. The summed E-state index contributed by atoms with van der Waals surface area (Å²) in [6, 6.07) is 5.59. The molecule has 148 valence electrons. The lowest BCUT2D eigenvalue weighted by Crippen LogP contribution is -2.53. The second-order valence-electron chi connectivity index (χ2n) is 8.09. The number of hydrogen-bond donors (Lipinski definition) is 2. The summed E-state index contributed by atoms with van der Waals surface area (Å²) in [5.74, 6) is 1.93. The van der Waals surface area contributed by atoms with Gasteiger partial charge in [-0.1, -0.05) is 0 Å². The highest BCUT2D eigenvalue weighted by molar-refractivity contribution is 5.91. The molecule has 1 saturated carbocycles. The first kappa shape index (κ1) is 17.4. The Morgan fingerprint density at radius 2 is 1.93 bits per heavy atom. The van der Waals surface area contributed by atoms with Crippen molar-refractivity contribution in [2.24, 2.45) is 11.8 Å². The number of anilines is 2. The fourth-order valence-corrected chi connectivity index (χ4v) is 4.76. The average molecular weight is 385 g/mol. The average Bonchev–Trinajstić information content (AvgIpc) is 3.36. The number of carbonyl (C=O) groups is 1. The molecule has 0 bridgehead atoms. The van der Waals surface area contributed by atoms with Crippen molar-refractivity contribution in [2.75, 3.05) is 37.2 Å². The van der Waals surface area contributed by atoms with Crippen LogP contribution >= 0.6 is 0 Å². The monoisotopic (exact) mass is 385 g/mol. The van der Waals surface area contributed by atoms with Crippen LogP contribution in [0.4, 0.5) is 20.7 Å². The topological polar surface area (TPSA) is 92.3 Å². The number of likely N-dealkylation sites (tertiary alicyclic amines) is 2. The maximum atomic E-state index is 13.1. The Kier molecular flexibility index (Phi) is 4.19. The van der Waals surface area contributed by atoms with E-state index in [9.17, 15) is 9.18 Å². The van der Waals surface area contributed by atoms with Crippen LogP contribution in [-0.4, -0.2) is 69.0 Å². The molecule has 2 amide bonds. The number of urea groups is 1. The van der Waals surface area contributed by atoms with E-state index in [0.29, 0.717) is 48.3 Å². The quantitative estimate of drug-likeness (QED) is 0.840. The summed E-state index contributed by atoms with van der Waals surface area (Å²) >= 11 is 0. The second-order valence-corrected chi connectivity index (χ2v) is 8.09. The van der Waals surface area contributed by atoms with Crippen LogP contribution in [0, 0.1) is 11.8 Å². The molecule has 2 atom stereocenters. The van der Waals surface area contributed by atoms with E-state index in [1.165, 1.54) is 0 Å². The molecule has 5 rings (SSSR count). The molecule has 2 aromatic rings. The minimum absolute atomic E-state index is 0.171. The molecule has 2 saturated heterocycles. The first-order chi connectivity index (χ1) is 13.6. The van der Waals surface area contributed by atoms with Gasteiger partial charge in [0.05, 0.1) is 5.69 Å². The van der Waals surface area contributed by atoms with Gasteiger partial charge in [0, 0.05) is 44.6 Å². The Balaban J connectivity index is 1.21. The molecule has 0 radical (unpaired) electrons. The lowest BCUT2D eigenvalue weighted by Gasteiger charge is -2.39. The van der Waals surface area contributed by atoms with Gasteiger partial charge in [-0.05, 0) is 42.9 Å². The standard InChI is InChI=1S/C19H24FN7O/c20-14-10-25(11-14)15-6-12-8-26(9-13(12)7-15)19(28)24-18-16(21)2-3-17(23-18)27-5-1-4-22-27/h1-5,12-15H,6-11,21H2,(H,23,24,28). The molecule has 0 aromatic carbocycles. The lowest BCUT2D eigenvalue weighted by atomic mass is 10.0. The van der Waals surface area contributed by atoms with E-state index in [0.717, 1.165) is 25.9 Å². The second kappa shape index (κ2) is 6.73. The molecule has 3 aliphatic rings. The van der Waals surface area contributed by atoms with Gasteiger partial charge in [-0.3, -0.25) is 10.2 Å². The number of aromatic nitrogens is 3. The molecule has 2 aliphatic heterocycles. The van der Waals surface area contributed by atoms with E-state index in [4.69, 9.17) is 5.73 Å². The minimum atomic E-state index is -0.654. The Hall–Kier alpha value is -2.68. The van der Waals surface area contributed by atoms with Gasteiger partial charge >= 0.3 is 6.03 Å². The zero-order chi connectivity index (χ0) is 19.3. The number of alkyl halides is 1. The molecule has 4 heterocycles. The van der Waals surface area contributed by atoms with Crippen LogP contribution in [0.5, 0.6) is 0 Å². The van der Waals surface area contributed by atoms with E-state index in [1.807, 2.05) is 4.90 Å². The summed E-state index contributed by atoms with van der Waals surface area (Å²) in [6.07, 6.45) is 4.90. The molecule has 1 aliphatic carbocycles. The molecular formula is C19H24FN7O. The highest BCUT2D eigenvalue weighted by atomic mass is 19.1. The highest BCUT2D eigenvalue weighted by Crippen LogP contribution is 2.41. The predicted octanol–water partition coefficient (Wildman–Crippen LogP) is 1.75. The molecule has 9 heteroatoms. The number of rotatable bonds is 3. The molecule has 28 heavy (non-hydrogen) atoms. The number of nitrogens with one attached hydrogen (secondary N) is 1. The van der Waals surface area contributed by atoms with Gasteiger partial charge in [-0.15, -0.1) is 0 Å². The van der Waals surface area contributed by atoms with E-state index in [-0.39, 0.29) is 6.03 Å². The zero-order valence-electron chi connectivity index (χ0n) is 15.5. The van der Waals surface area contributed by atoms with Crippen molar-refractivity contribution in [2.45, 2.75) is 25.1 Å². The van der Waals surface area contributed by atoms with E-state index >= 15 is 0 Å². The third-order valence-corrected chi connectivity index (χ3v) is 6.27. The third-order valence-electron chi connectivity index (χ3n) is 6.27. The number of nitrogens with zero attached hydrogens (tertiary/aromatic N) is 5. The molecule has 3 N–H and O–H groups in total. The Labute approximate surface area is 162 Å². The number of hydrogen-bond acceptors (Lipinski definition) is 5. The first-order valence-electron chi connectivity index (χ1n) is 9.77. The minimum Gasteiger partial charge on any atom is -0.396 e. The maximum absolute atomic E-state index is 13.1.